The Hall–Kier alpha value is -2.38. The first-order valence-electron chi connectivity index (χ1n) is 9.00. The van der Waals surface area contributed by atoms with E-state index in [9.17, 15) is 24.0 Å². The highest BCUT2D eigenvalue weighted by atomic mass is 32.1. The summed E-state index contributed by atoms with van der Waals surface area (Å²) in [5, 5.41) is 24.8. The SMILES string of the molecule is NCCCCC(NC(=O)CNC(=O)C(CCC(=O)O)NC(=O)C(N)CS)C(=O)O. The second-order valence-electron chi connectivity index (χ2n) is 6.24. The molecule has 9 N–H and O–H groups in total. The molecule has 3 unspecified atom stereocenters. The molecule has 0 aliphatic rings. The summed E-state index contributed by atoms with van der Waals surface area (Å²) in [6.45, 7) is -0.145. The van der Waals surface area contributed by atoms with Gasteiger partial charge in [0.05, 0.1) is 12.6 Å². The van der Waals surface area contributed by atoms with Crippen molar-refractivity contribution >= 4 is 42.3 Å². The number of rotatable bonds is 15. The first kappa shape index (κ1) is 26.6. The van der Waals surface area contributed by atoms with Gasteiger partial charge in [-0.15, -0.1) is 0 Å². The van der Waals surface area contributed by atoms with Crippen LogP contribution in [0.15, 0.2) is 0 Å². The van der Waals surface area contributed by atoms with Gasteiger partial charge >= 0.3 is 11.9 Å². The number of carboxylic acid groups (broad SMARTS) is 2. The van der Waals surface area contributed by atoms with E-state index in [1.54, 1.807) is 0 Å². The van der Waals surface area contributed by atoms with Crippen molar-refractivity contribution in [2.24, 2.45) is 11.5 Å². The van der Waals surface area contributed by atoms with Crippen molar-refractivity contribution in [3.8, 4) is 0 Å². The largest absolute Gasteiger partial charge is 0.481 e. The molecule has 0 rings (SSSR count). The van der Waals surface area contributed by atoms with Crippen LogP contribution in [0.25, 0.3) is 0 Å². The number of carbonyl (C=O) groups excluding carboxylic acids is 3. The summed E-state index contributed by atoms with van der Waals surface area (Å²) in [6, 6.07) is -3.34. The van der Waals surface area contributed by atoms with Crippen molar-refractivity contribution in [3.63, 3.8) is 0 Å². The van der Waals surface area contributed by atoms with E-state index in [4.69, 9.17) is 21.7 Å². The molecule has 13 heteroatoms. The number of thiol groups is 1. The van der Waals surface area contributed by atoms with Crippen LogP contribution in [0.5, 0.6) is 0 Å². The van der Waals surface area contributed by atoms with E-state index in [-0.39, 0.29) is 18.6 Å². The highest BCUT2D eigenvalue weighted by molar-refractivity contribution is 7.80. The molecule has 166 valence electrons. The molecule has 0 heterocycles. The van der Waals surface area contributed by atoms with Gasteiger partial charge in [-0.1, -0.05) is 0 Å². The lowest BCUT2D eigenvalue weighted by Crippen LogP contribution is -2.54. The Bertz CT molecular complexity index is 590. The van der Waals surface area contributed by atoms with Gasteiger partial charge in [-0.05, 0) is 32.2 Å². The first-order valence-corrected chi connectivity index (χ1v) is 9.64. The molecule has 0 aliphatic heterocycles. The van der Waals surface area contributed by atoms with E-state index in [2.05, 4.69) is 28.6 Å². The Morgan fingerprint density at radius 2 is 1.59 bits per heavy atom. The van der Waals surface area contributed by atoms with Crippen LogP contribution >= 0.6 is 12.6 Å². The average Bonchev–Trinajstić information content (AvgIpc) is 2.67. The maximum absolute atomic E-state index is 12.2. The summed E-state index contributed by atoms with van der Waals surface area (Å²) in [5.41, 5.74) is 10.9. The molecule has 0 bridgehead atoms. The molecule has 3 amide bonds. The molecular weight excluding hydrogens is 406 g/mol. The van der Waals surface area contributed by atoms with Gasteiger partial charge in [-0.2, -0.15) is 12.6 Å². The van der Waals surface area contributed by atoms with E-state index in [0.717, 1.165) is 0 Å². The Balaban J connectivity index is 4.76. The van der Waals surface area contributed by atoms with Crippen molar-refractivity contribution in [3.05, 3.63) is 0 Å². The quantitative estimate of drug-likeness (QED) is 0.0998. The minimum Gasteiger partial charge on any atom is -0.481 e. The van der Waals surface area contributed by atoms with Gasteiger partial charge in [-0.25, -0.2) is 4.79 Å². The zero-order valence-corrected chi connectivity index (χ0v) is 16.8. The smallest absolute Gasteiger partial charge is 0.326 e. The second-order valence-corrected chi connectivity index (χ2v) is 6.61. The summed E-state index contributed by atoms with van der Waals surface area (Å²) in [7, 11) is 0. The van der Waals surface area contributed by atoms with Crippen molar-refractivity contribution in [1.29, 1.82) is 0 Å². The Kier molecular flexibility index (Phi) is 13.4. The molecule has 0 saturated carbocycles. The number of hydrogen-bond donors (Lipinski definition) is 8. The Morgan fingerprint density at radius 3 is 2.10 bits per heavy atom. The minimum atomic E-state index is -1.22. The molecular formula is C16H29N5O7S. The van der Waals surface area contributed by atoms with Crippen molar-refractivity contribution < 1.29 is 34.2 Å². The van der Waals surface area contributed by atoms with Crippen LogP contribution in [-0.2, 0) is 24.0 Å². The number of aliphatic carboxylic acids is 2. The maximum Gasteiger partial charge on any atom is 0.326 e. The van der Waals surface area contributed by atoms with Crippen LogP contribution in [0.4, 0.5) is 0 Å². The molecule has 3 atom stereocenters. The fourth-order valence-corrected chi connectivity index (χ4v) is 2.35. The van der Waals surface area contributed by atoms with Gasteiger partial charge < -0.3 is 37.6 Å². The van der Waals surface area contributed by atoms with Crippen LogP contribution in [0.3, 0.4) is 0 Å². The van der Waals surface area contributed by atoms with E-state index >= 15 is 0 Å². The molecule has 29 heavy (non-hydrogen) atoms. The molecule has 0 aromatic carbocycles. The lowest BCUT2D eigenvalue weighted by Gasteiger charge is -2.20. The summed E-state index contributed by atoms with van der Waals surface area (Å²) in [5.74, 6) is -4.60. The predicted molar refractivity (Wildman–Crippen MR) is 106 cm³/mol. The van der Waals surface area contributed by atoms with Crippen LogP contribution < -0.4 is 27.4 Å². The van der Waals surface area contributed by atoms with Crippen LogP contribution in [-0.4, -0.2) is 76.8 Å². The standard InChI is InChI=1S/C16H29N5O7S/c17-6-2-1-3-11(16(27)28)20-12(22)7-19-15(26)10(4-5-13(23)24)21-14(25)9(18)8-29/h9-11,29H,1-8,17-18H2,(H,19,26)(H,20,22)(H,21,25)(H,23,24)(H,27,28). The number of nitrogens with two attached hydrogens (primary N) is 2. The van der Waals surface area contributed by atoms with E-state index in [1.807, 2.05) is 0 Å². The summed E-state index contributed by atoms with van der Waals surface area (Å²) in [6.07, 6.45) is 0.684. The van der Waals surface area contributed by atoms with E-state index in [1.165, 1.54) is 0 Å². The normalized spacial score (nSPS) is 13.6. The maximum atomic E-state index is 12.2. The third kappa shape index (κ3) is 11.9. The van der Waals surface area contributed by atoms with Crippen LogP contribution in [0.1, 0.15) is 32.1 Å². The number of unbranched alkanes of at least 4 members (excludes halogenated alkanes) is 1. The minimum absolute atomic E-state index is 0.0161. The van der Waals surface area contributed by atoms with Crippen molar-refractivity contribution in [2.75, 3.05) is 18.8 Å². The van der Waals surface area contributed by atoms with Crippen molar-refractivity contribution in [1.82, 2.24) is 16.0 Å². The molecule has 0 aromatic rings. The van der Waals surface area contributed by atoms with Crippen molar-refractivity contribution in [2.45, 2.75) is 50.2 Å². The van der Waals surface area contributed by atoms with Gasteiger partial charge in [0.25, 0.3) is 0 Å². The first-order chi connectivity index (χ1) is 13.6. The molecule has 0 fully saturated rings. The van der Waals surface area contributed by atoms with E-state index in [0.29, 0.717) is 19.4 Å². The fourth-order valence-electron chi connectivity index (χ4n) is 2.18. The molecule has 0 saturated heterocycles. The van der Waals surface area contributed by atoms with Crippen LogP contribution in [0.2, 0.25) is 0 Å². The number of amides is 3. The molecule has 0 spiro atoms. The summed E-state index contributed by atoms with van der Waals surface area (Å²) < 4.78 is 0. The third-order valence-corrected chi connectivity index (χ3v) is 4.21. The molecule has 12 nitrogen and oxygen atoms in total. The lowest BCUT2D eigenvalue weighted by atomic mass is 10.1. The van der Waals surface area contributed by atoms with Gasteiger partial charge in [0, 0.05) is 12.2 Å². The van der Waals surface area contributed by atoms with Gasteiger partial charge in [-0.3, -0.25) is 19.2 Å². The monoisotopic (exact) mass is 435 g/mol. The van der Waals surface area contributed by atoms with Gasteiger partial charge in [0.2, 0.25) is 17.7 Å². The topological polar surface area (TPSA) is 214 Å². The molecule has 0 radical (unpaired) electrons. The lowest BCUT2D eigenvalue weighted by molar-refractivity contribution is -0.142. The zero-order chi connectivity index (χ0) is 22.4. The number of carboxylic acids is 2. The second kappa shape index (κ2) is 14.6. The number of hydrogen-bond acceptors (Lipinski definition) is 8. The summed E-state index contributed by atoms with van der Waals surface area (Å²) in [4.78, 5) is 58.0. The Labute approximate surface area is 173 Å². The third-order valence-electron chi connectivity index (χ3n) is 3.82. The highest BCUT2D eigenvalue weighted by Crippen LogP contribution is 2.02. The molecule has 0 aromatic heterocycles. The predicted octanol–water partition coefficient (Wildman–Crippen LogP) is -2.59. The number of nitrogens with one attached hydrogen (secondary N) is 3. The summed E-state index contributed by atoms with van der Waals surface area (Å²) >= 11 is 3.87. The number of carbonyl (C=O) groups is 5. The van der Waals surface area contributed by atoms with Gasteiger partial charge in [0.1, 0.15) is 12.1 Å². The molecule has 0 aliphatic carbocycles. The average molecular weight is 436 g/mol. The van der Waals surface area contributed by atoms with Gasteiger partial charge in [0.15, 0.2) is 0 Å². The Morgan fingerprint density at radius 1 is 0.931 bits per heavy atom. The highest BCUT2D eigenvalue weighted by Gasteiger charge is 2.25. The zero-order valence-electron chi connectivity index (χ0n) is 15.9. The van der Waals surface area contributed by atoms with Crippen LogP contribution in [0, 0.1) is 0 Å². The van der Waals surface area contributed by atoms with E-state index < -0.39 is 60.8 Å². The fraction of sp³-hybridized carbons (Fsp3) is 0.688.